The first-order valence-corrected chi connectivity index (χ1v) is 11.4. The van der Waals surface area contributed by atoms with Crippen LogP contribution in [0.1, 0.15) is 39.1 Å². The van der Waals surface area contributed by atoms with Gasteiger partial charge in [-0.05, 0) is 37.0 Å². The van der Waals surface area contributed by atoms with Crippen molar-refractivity contribution in [2.75, 3.05) is 19.4 Å². The van der Waals surface area contributed by atoms with Crippen molar-refractivity contribution < 1.29 is 0 Å². The van der Waals surface area contributed by atoms with Crippen LogP contribution in [0.3, 0.4) is 0 Å². The van der Waals surface area contributed by atoms with E-state index in [-0.39, 0.29) is 10.9 Å². The summed E-state index contributed by atoms with van der Waals surface area (Å²) in [4.78, 5) is 10.8. The molecule has 1 aliphatic heterocycles. The molecule has 31 heavy (non-hydrogen) atoms. The zero-order valence-corrected chi connectivity index (χ0v) is 20.4. The van der Waals surface area contributed by atoms with Crippen molar-refractivity contribution in [3.8, 4) is 0 Å². The van der Waals surface area contributed by atoms with E-state index in [1.807, 2.05) is 34.5 Å². The van der Waals surface area contributed by atoms with Crippen molar-refractivity contribution in [1.29, 1.82) is 0 Å². The van der Waals surface area contributed by atoms with Gasteiger partial charge in [0, 0.05) is 38.3 Å². The highest BCUT2D eigenvalue weighted by Gasteiger charge is 2.27. The average molecular weight is 440 g/mol. The minimum Gasteiger partial charge on any atom is -0.345 e. The van der Waals surface area contributed by atoms with E-state index in [1.54, 1.807) is 25.1 Å². The average Bonchev–Trinajstić information content (AvgIpc) is 3.42. The maximum Gasteiger partial charge on any atom is 0.153 e. The largest absolute Gasteiger partial charge is 0.345 e. The van der Waals surface area contributed by atoms with Crippen molar-refractivity contribution in [2.45, 2.75) is 52.1 Å². The number of rotatable bonds is 6. The summed E-state index contributed by atoms with van der Waals surface area (Å²) in [6, 6.07) is 2.15. The van der Waals surface area contributed by atoms with Crippen LogP contribution >= 0.6 is 11.8 Å². The molecule has 0 spiro atoms. The fourth-order valence-corrected chi connectivity index (χ4v) is 4.27. The van der Waals surface area contributed by atoms with Crippen LogP contribution in [0.4, 0.5) is 5.82 Å². The fraction of sp³-hybridized carbons (Fsp3) is 0.435. The predicted molar refractivity (Wildman–Crippen MR) is 131 cm³/mol. The van der Waals surface area contributed by atoms with Gasteiger partial charge in [-0.25, -0.2) is 9.67 Å². The summed E-state index contributed by atoms with van der Waals surface area (Å²) in [6.07, 6.45) is 7.68. The molecular weight excluding hydrogens is 406 g/mol. The third-order valence-electron chi connectivity index (χ3n) is 5.13. The molecule has 0 bridgehead atoms. The lowest BCUT2D eigenvalue weighted by Gasteiger charge is -2.26. The molecule has 2 aromatic heterocycles. The molecule has 3 heterocycles. The molecule has 3 rings (SSSR count). The Morgan fingerprint density at radius 1 is 1.35 bits per heavy atom. The van der Waals surface area contributed by atoms with Crippen LogP contribution in [0.2, 0.25) is 0 Å². The summed E-state index contributed by atoms with van der Waals surface area (Å²) in [6.45, 7) is 15.7. The van der Waals surface area contributed by atoms with E-state index in [9.17, 15) is 0 Å². The lowest BCUT2D eigenvalue weighted by molar-refractivity contribution is 0.435. The third kappa shape index (κ3) is 5.12. The van der Waals surface area contributed by atoms with Gasteiger partial charge in [-0.15, -0.1) is 0 Å². The summed E-state index contributed by atoms with van der Waals surface area (Å²) in [5.41, 5.74) is 4.14. The molecule has 1 atom stereocenters. The second-order valence-electron chi connectivity index (χ2n) is 8.59. The first-order valence-electron chi connectivity index (χ1n) is 10.4. The first-order chi connectivity index (χ1) is 14.6. The number of imidazole rings is 1. The van der Waals surface area contributed by atoms with Gasteiger partial charge >= 0.3 is 0 Å². The fourth-order valence-electron chi connectivity index (χ4n) is 3.21. The van der Waals surface area contributed by atoms with Gasteiger partial charge in [0.05, 0.1) is 17.1 Å². The third-order valence-corrected chi connectivity index (χ3v) is 6.18. The summed E-state index contributed by atoms with van der Waals surface area (Å²) in [7, 11) is 3.85. The number of hydrogen-bond donors (Lipinski definition) is 1. The van der Waals surface area contributed by atoms with E-state index in [0.717, 1.165) is 40.9 Å². The number of thioether (sulfide) groups is 1. The Bertz CT molecular complexity index is 1030. The van der Waals surface area contributed by atoms with Gasteiger partial charge in [-0.2, -0.15) is 5.10 Å². The summed E-state index contributed by atoms with van der Waals surface area (Å²) in [5.74, 6) is 1.84. The Balaban J connectivity index is 1.69. The minimum atomic E-state index is 0.0143. The van der Waals surface area contributed by atoms with Crippen LogP contribution in [0.15, 0.2) is 59.0 Å². The van der Waals surface area contributed by atoms with Crippen molar-refractivity contribution in [2.24, 2.45) is 4.99 Å². The number of aromatic nitrogens is 4. The van der Waals surface area contributed by atoms with Crippen LogP contribution in [-0.4, -0.2) is 49.7 Å². The summed E-state index contributed by atoms with van der Waals surface area (Å²) >= 11 is 1.73. The molecular formula is C23H33N7S. The molecule has 0 amide bonds. The van der Waals surface area contributed by atoms with E-state index < -0.39 is 0 Å². The van der Waals surface area contributed by atoms with Gasteiger partial charge in [-0.1, -0.05) is 39.1 Å². The summed E-state index contributed by atoms with van der Waals surface area (Å²) in [5, 5.41) is 10.5. The number of nitrogens with zero attached hydrogens (tertiary/aromatic N) is 6. The normalized spacial score (nSPS) is 17.5. The molecule has 0 aliphatic carbocycles. The van der Waals surface area contributed by atoms with Gasteiger partial charge in [0.25, 0.3) is 0 Å². The number of hydrogen-bond acceptors (Lipinski definition) is 6. The van der Waals surface area contributed by atoms with E-state index in [2.05, 4.69) is 73.0 Å². The second kappa shape index (κ2) is 9.18. The summed E-state index contributed by atoms with van der Waals surface area (Å²) < 4.78 is 3.93. The SMILES string of the molecule is C=C(C=CC(=NC)n1cnc(C)c1)C1=CSC(Nc2cc(C(C)(C)C)nn2CC)N1C. The molecule has 1 unspecified atom stereocenters. The van der Waals surface area contributed by atoms with Crippen LogP contribution in [0, 0.1) is 6.92 Å². The number of allylic oxidation sites excluding steroid dienone is 2. The smallest absolute Gasteiger partial charge is 0.153 e. The zero-order valence-electron chi connectivity index (χ0n) is 19.5. The molecule has 7 nitrogen and oxygen atoms in total. The minimum absolute atomic E-state index is 0.0143. The van der Waals surface area contributed by atoms with Crippen LogP contribution in [0.25, 0.3) is 0 Å². The monoisotopic (exact) mass is 439 g/mol. The predicted octanol–water partition coefficient (Wildman–Crippen LogP) is 4.61. The number of anilines is 1. The van der Waals surface area contributed by atoms with Crippen LogP contribution < -0.4 is 5.32 Å². The van der Waals surface area contributed by atoms with Crippen molar-refractivity contribution >= 4 is 23.4 Å². The standard InChI is InChI=1S/C23H33N7S/c1-9-30-21(12-19(27-30)23(4,5)6)26-22-28(8)18(14-31-22)16(2)10-11-20(24-7)29-13-17(3)25-15-29/h10-15,22,26H,2,9H2,1,3-8H3. The molecule has 1 N–H and O–H groups in total. The molecule has 1 aliphatic rings. The first kappa shape index (κ1) is 22.9. The molecule has 2 aromatic rings. The zero-order chi connectivity index (χ0) is 22.8. The molecule has 0 fully saturated rings. The molecule has 0 saturated carbocycles. The number of aliphatic imine (C=N–C) groups is 1. The Kier molecular flexibility index (Phi) is 6.79. The van der Waals surface area contributed by atoms with E-state index in [1.165, 1.54) is 0 Å². The van der Waals surface area contributed by atoms with Gasteiger partial charge in [0.15, 0.2) is 5.50 Å². The van der Waals surface area contributed by atoms with Crippen LogP contribution in [-0.2, 0) is 12.0 Å². The van der Waals surface area contributed by atoms with Crippen molar-refractivity contribution in [1.82, 2.24) is 24.2 Å². The Hall–Kier alpha value is -2.74. The lowest BCUT2D eigenvalue weighted by atomic mass is 9.92. The topological polar surface area (TPSA) is 63.3 Å². The highest BCUT2D eigenvalue weighted by molar-refractivity contribution is 8.03. The molecule has 0 aromatic carbocycles. The number of aryl methyl sites for hydroxylation is 2. The van der Waals surface area contributed by atoms with E-state index in [4.69, 9.17) is 5.10 Å². The molecule has 166 valence electrons. The highest BCUT2D eigenvalue weighted by Crippen LogP contribution is 2.34. The quantitative estimate of drug-likeness (QED) is 0.405. The van der Waals surface area contributed by atoms with Gasteiger partial charge in [0.1, 0.15) is 18.0 Å². The Morgan fingerprint density at radius 2 is 2.10 bits per heavy atom. The molecule has 0 radical (unpaired) electrons. The Morgan fingerprint density at radius 3 is 2.68 bits per heavy atom. The van der Waals surface area contributed by atoms with Crippen molar-refractivity contribution in [3.63, 3.8) is 0 Å². The van der Waals surface area contributed by atoms with E-state index >= 15 is 0 Å². The van der Waals surface area contributed by atoms with Crippen molar-refractivity contribution in [3.05, 3.63) is 65.4 Å². The molecule has 0 saturated heterocycles. The lowest BCUT2D eigenvalue weighted by Crippen LogP contribution is -2.32. The van der Waals surface area contributed by atoms with Gasteiger partial charge in [-0.3, -0.25) is 9.56 Å². The highest BCUT2D eigenvalue weighted by atomic mass is 32.2. The number of nitrogens with one attached hydrogen (secondary N) is 1. The van der Waals surface area contributed by atoms with Gasteiger partial charge < -0.3 is 10.2 Å². The van der Waals surface area contributed by atoms with Crippen LogP contribution in [0.5, 0.6) is 0 Å². The molecule has 8 heteroatoms. The second-order valence-corrected chi connectivity index (χ2v) is 9.54. The van der Waals surface area contributed by atoms with Gasteiger partial charge in [0.2, 0.25) is 0 Å². The number of likely N-dealkylation sites (N-methyl/N-ethyl adjacent to an activating group) is 1. The maximum atomic E-state index is 4.77. The maximum absolute atomic E-state index is 4.77. The Labute approximate surface area is 189 Å². The van der Waals surface area contributed by atoms with E-state index in [0.29, 0.717) is 0 Å².